The van der Waals surface area contributed by atoms with Gasteiger partial charge in [0, 0.05) is 36.8 Å². The molecule has 3 rings (SSSR count). The quantitative estimate of drug-likeness (QED) is 0.789. The van der Waals surface area contributed by atoms with Gasteiger partial charge in [0.15, 0.2) is 22.5 Å². The number of ether oxygens (including phenoxy) is 3. The molecule has 0 aliphatic carbocycles. The van der Waals surface area contributed by atoms with E-state index in [9.17, 15) is 4.79 Å². The van der Waals surface area contributed by atoms with Crippen LogP contribution in [-0.4, -0.2) is 50.5 Å². The maximum absolute atomic E-state index is 12.7. The number of methoxy groups -OCH3 is 3. The van der Waals surface area contributed by atoms with Crippen LogP contribution in [0.2, 0.25) is 5.15 Å². The first kappa shape index (κ1) is 20.0. The van der Waals surface area contributed by atoms with Gasteiger partial charge in [-0.1, -0.05) is 11.6 Å². The van der Waals surface area contributed by atoms with E-state index in [-0.39, 0.29) is 11.8 Å². The van der Waals surface area contributed by atoms with Gasteiger partial charge in [-0.3, -0.25) is 4.79 Å². The van der Waals surface area contributed by atoms with Crippen LogP contribution in [0.15, 0.2) is 24.3 Å². The number of hydrogen-bond donors (Lipinski definition) is 1. The van der Waals surface area contributed by atoms with Crippen molar-refractivity contribution in [3.63, 3.8) is 0 Å². The van der Waals surface area contributed by atoms with E-state index in [4.69, 9.17) is 25.8 Å². The van der Waals surface area contributed by atoms with Crippen molar-refractivity contribution in [3.8, 4) is 17.2 Å². The average molecular weight is 407 g/mol. The normalized spacial score (nSPS) is 14.5. The predicted octanol–water partition coefficient (Wildman–Crippen LogP) is 3.01. The summed E-state index contributed by atoms with van der Waals surface area (Å²) in [5, 5.41) is 11.3. The molecule has 0 bridgehead atoms. The number of hydrogen-bond acceptors (Lipinski definition) is 7. The van der Waals surface area contributed by atoms with Gasteiger partial charge in [0.1, 0.15) is 0 Å². The maximum Gasteiger partial charge on any atom is 0.227 e. The van der Waals surface area contributed by atoms with Gasteiger partial charge in [0.25, 0.3) is 0 Å². The second kappa shape index (κ2) is 8.97. The Hall–Kier alpha value is -2.74. The van der Waals surface area contributed by atoms with E-state index in [0.717, 1.165) is 31.7 Å². The summed E-state index contributed by atoms with van der Waals surface area (Å²) >= 11 is 5.78. The number of anilines is 2. The van der Waals surface area contributed by atoms with Crippen molar-refractivity contribution in [1.29, 1.82) is 0 Å². The molecule has 1 aliphatic heterocycles. The van der Waals surface area contributed by atoms with Crippen molar-refractivity contribution in [2.45, 2.75) is 12.8 Å². The molecule has 0 spiro atoms. The molecule has 0 unspecified atom stereocenters. The Kier molecular flexibility index (Phi) is 6.41. The van der Waals surface area contributed by atoms with Crippen LogP contribution >= 0.6 is 11.6 Å². The van der Waals surface area contributed by atoms with E-state index in [1.54, 1.807) is 18.2 Å². The minimum atomic E-state index is -0.0874. The molecule has 0 radical (unpaired) electrons. The molecule has 9 heteroatoms. The second-order valence-corrected chi connectivity index (χ2v) is 6.77. The summed E-state index contributed by atoms with van der Waals surface area (Å²) < 4.78 is 16.0. The molecule has 1 saturated heterocycles. The molecular formula is C19H23ClN4O4. The van der Waals surface area contributed by atoms with E-state index < -0.39 is 0 Å². The maximum atomic E-state index is 12.7. The number of aromatic nitrogens is 2. The zero-order chi connectivity index (χ0) is 20.1. The molecule has 2 aromatic rings. The number of carbonyl (C=O) groups excluding carboxylic acids is 1. The standard InChI is InChI=1S/C19H23ClN4O4/c1-26-14-10-13(11-15(27-2)18(14)28-3)21-19(25)12-6-8-24(9-7-12)17-5-4-16(20)22-23-17/h4-5,10-12H,6-9H2,1-3H3,(H,21,25). The van der Waals surface area contributed by atoms with Crippen LogP contribution in [0, 0.1) is 5.92 Å². The number of carbonyl (C=O) groups is 1. The molecule has 150 valence electrons. The van der Waals surface area contributed by atoms with Crippen LogP contribution in [0.25, 0.3) is 0 Å². The molecule has 1 aliphatic rings. The Morgan fingerprint density at radius 2 is 1.71 bits per heavy atom. The molecule has 8 nitrogen and oxygen atoms in total. The topological polar surface area (TPSA) is 85.8 Å². The third-order valence-electron chi connectivity index (χ3n) is 4.74. The predicted molar refractivity (Wildman–Crippen MR) is 107 cm³/mol. The fourth-order valence-electron chi connectivity index (χ4n) is 3.25. The fraction of sp³-hybridized carbons (Fsp3) is 0.421. The summed E-state index contributed by atoms with van der Waals surface area (Å²) in [5.74, 6) is 2.13. The first-order valence-corrected chi connectivity index (χ1v) is 9.28. The zero-order valence-electron chi connectivity index (χ0n) is 16.1. The first-order chi connectivity index (χ1) is 13.5. The van der Waals surface area contributed by atoms with Crippen molar-refractivity contribution in [3.05, 3.63) is 29.4 Å². The van der Waals surface area contributed by atoms with Crippen molar-refractivity contribution in [1.82, 2.24) is 10.2 Å². The lowest BCUT2D eigenvalue weighted by molar-refractivity contribution is -0.120. The second-order valence-electron chi connectivity index (χ2n) is 6.38. The first-order valence-electron chi connectivity index (χ1n) is 8.90. The summed E-state index contributed by atoms with van der Waals surface area (Å²) in [5.41, 5.74) is 0.602. The lowest BCUT2D eigenvalue weighted by Gasteiger charge is -2.31. The number of halogens is 1. The smallest absolute Gasteiger partial charge is 0.227 e. The van der Waals surface area contributed by atoms with Gasteiger partial charge >= 0.3 is 0 Å². The van der Waals surface area contributed by atoms with Crippen LogP contribution < -0.4 is 24.4 Å². The molecular weight excluding hydrogens is 384 g/mol. The molecule has 1 N–H and O–H groups in total. The SMILES string of the molecule is COc1cc(NC(=O)C2CCN(c3ccc(Cl)nn3)CC2)cc(OC)c1OC. The van der Waals surface area contributed by atoms with Crippen LogP contribution in [0.4, 0.5) is 11.5 Å². The third kappa shape index (κ3) is 4.39. The van der Waals surface area contributed by atoms with Gasteiger partial charge in [-0.05, 0) is 25.0 Å². The minimum absolute atomic E-state index is 0.0314. The Morgan fingerprint density at radius 1 is 1.07 bits per heavy atom. The number of piperidine rings is 1. The van der Waals surface area contributed by atoms with Crippen molar-refractivity contribution in [2.75, 3.05) is 44.6 Å². The average Bonchev–Trinajstić information content (AvgIpc) is 2.73. The number of amides is 1. The van der Waals surface area contributed by atoms with Crippen molar-refractivity contribution >= 4 is 29.0 Å². The molecule has 0 saturated carbocycles. The Bertz CT molecular complexity index is 798. The van der Waals surface area contributed by atoms with Crippen molar-refractivity contribution in [2.24, 2.45) is 5.92 Å². The monoisotopic (exact) mass is 406 g/mol. The number of benzene rings is 1. The Morgan fingerprint density at radius 3 is 2.21 bits per heavy atom. The van der Waals surface area contributed by atoms with Gasteiger partial charge in [0.2, 0.25) is 11.7 Å². The lowest BCUT2D eigenvalue weighted by atomic mass is 9.96. The summed E-state index contributed by atoms with van der Waals surface area (Å²) in [4.78, 5) is 14.8. The van der Waals surface area contributed by atoms with E-state index in [0.29, 0.717) is 28.1 Å². The number of rotatable bonds is 6. The number of nitrogens with zero attached hydrogens (tertiary/aromatic N) is 3. The minimum Gasteiger partial charge on any atom is -0.493 e. The van der Waals surface area contributed by atoms with E-state index in [1.165, 1.54) is 21.3 Å². The summed E-state index contributed by atoms with van der Waals surface area (Å²) in [6.07, 6.45) is 1.45. The van der Waals surface area contributed by atoms with Gasteiger partial charge < -0.3 is 24.4 Å². The summed E-state index contributed by atoms with van der Waals surface area (Å²) in [7, 11) is 4.62. The van der Waals surface area contributed by atoms with Crippen LogP contribution in [-0.2, 0) is 4.79 Å². The summed E-state index contributed by atoms with van der Waals surface area (Å²) in [6, 6.07) is 6.99. The Labute approximate surface area is 168 Å². The van der Waals surface area contributed by atoms with Crippen LogP contribution in [0.5, 0.6) is 17.2 Å². The van der Waals surface area contributed by atoms with Gasteiger partial charge in [0.05, 0.1) is 21.3 Å². The van der Waals surface area contributed by atoms with E-state index >= 15 is 0 Å². The van der Waals surface area contributed by atoms with Gasteiger partial charge in [-0.2, -0.15) is 0 Å². The highest BCUT2D eigenvalue weighted by Crippen LogP contribution is 2.40. The highest BCUT2D eigenvalue weighted by atomic mass is 35.5. The molecule has 28 heavy (non-hydrogen) atoms. The van der Waals surface area contributed by atoms with Crippen LogP contribution in [0.3, 0.4) is 0 Å². The highest BCUT2D eigenvalue weighted by molar-refractivity contribution is 6.29. The van der Waals surface area contributed by atoms with Gasteiger partial charge in [-0.25, -0.2) is 0 Å². The molecule has 1 amide bonds. The van der Waals surface area contributed by atoms with E-state index in [2.05, 4.69) is 20.4 Å². The molecule has 1 aromatic heterocycles. The Balaban J connectivity index is 1.63. The third-order valence-corrected chi connectivity index (χ3v) is 4.94. The molecule has 1 fully saturated rings. The molecule has 2 heterocycles. The fourth-order valence-corrected chi connectivity index (χ4v) is 3.35. The molecule has 1 aromatic carbocycles. The van der Waals surface area contributed by atoms with Crippen LogP contribution in [0.1, 0.15) is 12.8 Å². The zero-order valence-corrected chi connectivity index (χ0v) is 16.8. The highest BCUT2D eigenvalue weighted by Gasteiger charge is 2.26. The van der Waals surface area contributed by atoms with Crippen molar-refractivity contribution < 1.29 is 19.0 Å². The lowest BCUT2D eigenvalue weighted by Crippen LogP contribution is -2.38. The summed E-state index contributed by atoms with van der Waals surface area (Å²) in [6.45, 7) is 1.45. The van der Waals surface area contributed by atoms with E-state index in [1.807, 2.05) is 6.07 Å². The number of nitrogens with one attached hydrogen (secondary N) is 1. The van der Waals surface area contributed by atoms with Gasteiger partial charge in [-0.15, -0.1) is 10.2 Å². The molecule has 0 atom stereocenters. The largest absolute Gasteiger partial charge is 0.493 e.